The zero-order chi connectivity index (χ0) is 53.6. The molecular formula is C68H112O6. The fourth-order valence-corrected chi connectivity index (χ4v) is 8.20. The fourth-order valence-electron chi connectivity index (χ4n) is 8.20. The lowest BCUT2D eigenvalue weighted by atomic mass is 10.0. The Labute approximate surface area is 456 Å². The standard InChI is InChI=1S/C68H112O6/c1-4-7-10-13-16-19-21-23-24-25-26-27-28-29-30-31-32-33-34-35-36-37-38-39-40-41-42-43-44-46-47-49-52-55-58-61-67(70)73-64-65(63-72-66(69)60-57-54-51-18-15-12-9-6-3)74-68(71)62-59-56-53-50-48-45-22-20-17-14-11-8-5-2/h7-8,10-11,16-17,19-20,23-24,26-27,29-30,32-33,35-36,45,48,65H,4-6,9,12-15,18,21-22,25,28,31,34,37-44,46-47,49-64H2,1-3H3/b10-7-,11-8-,19-16-,20-17-,24-23-,27-26-,30-29-,33-32-,36-35-,48-45-. The SMILES string of the molecule is CC/C=C\C/C=C\C/C=C\C/C=C\C/C=C\C/C=C\C/C=C\CCCCCCCCCCCCCCCC(=O)OCC(COC(=O)CCCCCCCCCC)OC(=O)CCCCC/C=C\C/C=C\C/C=C\CC. The molecule has 0 heterocycles. The van der Waals surface area contributed by atoms with Gasteiger partial charge in [-0.05, 0) is 109 Å². The van der Waals surface area contributed by atoms with Crippen LogP contribution in [0.3, 0.4) is 0 Å². The molecule has 1 unspecified atom stereocenters. The summed E-state index contributed by atoms with van der Waals surface area (Å²) in [6.07, 6.45) is 85.2. The molecule has 6 heteroatoms. The lowest BCUT2D eigenvalue weighted by Crippen LogP contribution is -2.30. The third-order valence-corrected chi connectivity index (χ3v) is 12.7. The van der Waals surface area contributed by atoms with Gasteiger partial charge in [0, 0.05) is 19.3 Å². The topological polar surface area (TPSA) is 78.9 Å². The normalized spacial score (nSPS) is 13.0. The van der Waals surface area contributed by atoms with Crippen molar-refractivity contribution in [3.05, 3.63) is 122 Å². The summed E-state index contributed by atoms with van der Waals surface area (Å²) >= 11 is 0. The molecule has 0 bridgehead atoms. The second kappa shape index (κ2) is 61.4. The molecule has 0 aliphatic heterocycles. The van der Waals surface area contributed by atoms with Crippen LogP contribution >= 0.6 is 0 Å². The van der Waals surface area contributed by atoms with E-state index in [1.807, 2.05) is 0 Å². The van der Waals surface area contributed by atoms with E-state index in [-0.39, 0.29) is 31.1 Å². The summed E-state index contributed by atoms with van der Waals surface area (Å²) < 4.78 is 16.8. The molecule has 0 saturated heterocycles. The molecule has 0 aromatic rings. The quantitative estimate of drug-likeness (QED) is 0.0261. The smallest absolute Gasteiger partial charge is 0.306 e. The Bertz CT molecular complexity index is 1550. The first-order valence-electron chi connectivity index (χ1n) is 30.5. The Balaban J connectivity index is 4.07. The van der Waals surface area contributed by atoms with Crippen LogP contribution in [0.4, 0.5) is 0 Å². The minimum Gasteiger partial charge on any atom is -0.462 e. The number of carbonyl (C=O) groups excluding carboxylic acids is 3. The molecule has 74 heavy (non-hydrogen) atoms. The molecular weight excluding hydrogens is 913 g/mol. The van der Waals surface area contributed by atoms with Crippen molar-refractivity contribution in [1.82, 2.24) is 0 Å². The summed E-state index contributed by atoms with van der Waals surface area (Å²) in [7, 11) is 0. The molecule has 0 rings (SSSR count). The van der Waals surface area contributed by atoms with E-state index in [1.54, 1.807) is 0 Å². The number of allylic oxidation sites excluding steroid dienone is 20. The zero-order valence-corrected chi connectivity index (χ0v) is 48.1. The first kappa shape index (κ1) is 69.8. The largest absolute Gasteiger partial charge is 0.462 e. The minimum absolute atomic E-state index is 0.0892. The van der Waals surface area contributed by atoms with Gasteiger partial charge in [0.25, 0.3) is 0 Å². The average Bonchev–Trinajstić information content (AvgIpc) is 3.40. The van der Waals surface area contributed by atoms with Gasteiger partial charge in [-0.2, -0.15) is 0 Å². The Hall–Kier alpha value is -4.19. The molecule has 0 aromatic carbocycles. The van der Waals surface area contributed by atoms with Crippen molar-refractivity contribution in [2.45, 2.75) is 277 Å². The number of rotatable bonds is 54. The predicted molar refractivity (Wildman–Crippen MR) is 320 cm³/mol. The van der Waals surface area contributed by atoms with Gasteiger partial charge in [-0.1, -0.05) is 264 Å². The van der Waals surface area contributed by atoms with Crippen molar-refractivity contribution in [2.24, 2.45) is 0 Å². The van der Waals surface area contributed by atoms with E-state index in [4.69, 9.17) is 14.2 Å². The van der Waals surface area contributed by atoms with Gasteiger partial charge in [0.1, 0.15) is 13.2 Å². The van der Waals surface area contributed by atoms with E-state index < -0.39 is 6.10 Å². The highest BCUT2D eigenvalue weighted by molar-refractivity contribution is 5.71. The summed E-state index contributed by atoms with van der Waals surface area (Å²) in [5.74, 6) is -0.924. The number of ether oxygens (including phenoxy) is 3. The van der Waals surface area contributed by atoms with E-state index in [9.17, 15) is 14.4 Å². The Morgan fingerprint density at radius 1 is 0.284 bits per heavy atom. The maximum Gasteiger partial charge on any atom is 0.306 e. The number of esters is 3. The van der Waals surface area contributed by atoms with Crippen molar-refractivity contribution >= 4 is 17.9 Å². The number of unbranched alkanes of at least 4 members (excludes halogenated alkanes) is 23. The van der Waals surface area contributed by atoms with E-state index >= 15 is 0 Å². The molecule has 420 valence electrons. The van der Waals surface area contributed by atoms with Crippen LogP contribution in [0.5, 0.6) is 0 Å². The van der Waals surface area contributed by atoms with Gasteiger partial charge in [-0.15, -0.1) is 0 Å². The van der Waals surface area contributed by atoms with Crippen molar-refractivity contribution < 1.29 is 28.6 Å². The molecule has 0 amide bonds. The molecule has 0 N–H and O–H groups in total. The van der Waals surface area contributed by atoms with Crippen LogP contribution < -0.4 is 0 Å². The van der Waals surface area contributed by atoms with E-state index in [2.05, 4.69) is 142 Å². The fraction of sp³-hybridized carbons (Fsp3) is 0.662. The van der Waals surface area contributed by atoms with Crippen LogP contribution in [0.15, 0.2) is 122 Å². The molecule has 0 radical (unpaired) electrons. The lowest BCUT2D eigenvalue weighted by molar-refractivity contribution is -0.167. The highest BCUT2D eigenvalue weighted by Gasteiger charge is 2.19. The zero-order valence-electron chi connectivity index (χ0n) is 48.1. The summed E-state index contributed by atoms with van der Waals surface area (Å²) in [5.41, 5.74) is 0. The highest BCUT2D eigenvalue weighted by atomic mass is 16.6. The average molecular weight is 1030 g/mol. The Morgan fingerprint density at radius 2 is 0.527 bits per heavy atom. The van der Waals surface area contributed by atoms with Gasteiger partial charge < -0.3 is 14.2 Å². The van der Waals surface area contributed by atoms with Gasteiger partial charge >= 0.3 is 17.9 Å². The molecule has 0 saturated carbocycles. The molecule has 0 aliphatic carbocycles. The molecule has 1 atom stereocenters. The summed E-state index contributed by atoms with van der Waals surface area (Å²) in [6, 6.07) is 0. The van der Waals surface area contributed by atoms with Crippen LogP contribution in [0.1, 0.15) is 271 Å². The summed E-state index contributed by atoms with van der Waals surface area (Å²) in [5, 5.41) is 0. The number of hydrogen-bond donors (Lipinski definition) is 0. The second-order valence-electron chi connectivity index (χ2n) is 19.9. The van der Waals surface area contributed by atoms with E-state index in [1.165, 1.54) is 103 Å². The predicted octanol–water partition coefficient (Wildman–Crippen LogP) is 20.8. The maximum absolute atomic E-state index is 12.8. The maximum atomic E-state index is 12.8. The van der Waals surface area contributed by atoms with Crippen LogP contribution in [-0.4, -0.2) is 37.2 Å². The van der Waals surface area contributed by atoms with Crippen molar-refractivity contribution in [3.63, 3.8) is 0 Å². The van der Waals surface area contributed by atoms with Crippen LogP contribution in [0.2, 0.25) is 0 Å². The van der Waals surface area contributed by atoms with Crippen molar-refractivity contribution in [1.29, 1.82) is 0 Å². The van der Waals surface area contributed by atoms with Crippen LogP contribution in [0.25, 0.3) is 0 Å². The first-order valence-corrected chi connectivity index (χ1v) is 30.5. The van der Waals surface area contributed by atoms with Crippen LogP contribution in [-0.2, 0) is 28.6 Å². The molecule has 6 nitrogen and oxygen atoms in total. The van der Waals surface area contributed by atoms with Gasteiger partial charge in [0.15, 0.2) is 6.10 Å². The van der Waals surface area contributed by atoms with E-state index in [0.29, 0.717) is 19.3 Å². The van der Waals surface area contributed by atoms with Crippen LogP contribution in [0, 0.1) is 0 Å². The monoisotopic (exact) mass is 1020 g/mol. The number of hydrogen-bond acceptors (Lipinski definition) is 6. The third-order valence-electron chi connectivity index (χ3n) is 12.7. The Morgan fingerprint density at radius 3 is 0.838 bits per heavy atom. The third kappa shape index (κ3) is 58.7. The molecule has 0 fully saturated rings. The van der Waals surface area contributed by atoms with E-state index in [0.717, 1.165) is 128 Å². The van der Waals surface area contributed by atoms with Gasteiger partial charge in [-0.25, -0.2) is 0 Å². The summed E-state index contributed by atoms with van der Waals surface area (Å²) in [4.78, 5) is 38.0. The van der Waals surface area contributed by atoms with Crippen molar-refractivity contribution in [3.8, 4) is 0 Å². The second-order valence-corrected chi connectivity index (χ2v) is 19.9. The molecule has 0 spiro atoms. The lowest BCUT2D eigenvalue weighted by Gasteiger charge is -2.18. The Kier molecular flexibility index (Phi) is 57.9. The van der Waals surface area contributed by atoms with Gasteiger partial charge in [-0.3, -0.25) is 14.4 Å². The highest BCUT2D eigenvalue weighted by Crippen LogP contribution is 2.15. The van der Waals surface area contributed by atoms with Gasteiger partial charge in [0.05, 0.1) is 0 Å². The molecule has 0 aliphatic rings. The van der Waals surface area contributed by atoms with Gasteiger partial charge in [0.2, 0.25) is 0 Å². The van der Waals surface area contributed by atoms with Crippen molar-refractivity contribution in [2.75, 3.05) is 13.2 Å². The molecule has 0 aromatic heterocycles. The minimum atomic E-state index is -0.791. The first-order chi connectivity index (χ1) is 36.5. The number of carbonyl (C=O) groups is 3. The summed E-state index contributed by atoms with van der Waals surface area (Å²) in [6.45, 7) is 6.35.